The summed E-state index contributed by atoms with van der Waals surface area (Å²) < 4.78 is 5.09. The van der Waals surface area contributed by atoms with Crippen LogP contribution in [0.1, 0.15) is 38.2 Å². The molecule has 0 aromatic heterocycles. The Balaban J connectivity index is 2.07. The van der Waals surface area contributed by atoms with Gasteiger partial charge >= 0.3 is 0 Å². The number of benzene rings is 1. The summed E-state index contributed by atoms with van der Waals surface area (Å²) in [6.07, 6.45) is 5.08. The van der Waals surface area contributed by atoms with Crippen molar-refractivity contribution in [1.82, 2.24) is 10.6 Å². The van der Waals surface area contributed by atoms with Gasteiger partial charge in [-0.2, -0.15) is 0 Å². The number of nitrogens with one attached hydrogen (secondary N) is 2. The molecule has 122 valence electrons. The zero-order valence-electron chi connectivity index (χ0n) is 13.9. The van der Waals surface area contributed by atoms with Crippen molar-refractivity contribution in [3.63, 3.8) is 0 Å². The molecule has 0 spiro atoms. The molecule has 4 heteroatoms. The number of ether oxygens (including phenoxy) is 1. The molecule has 1 saturated carbocycles. The fourth-order valence-corrected chi connectivity index (χ4v) is 3.23. The SMILES string of the molecule is CCNC(=NCC1(c2ccccc2)CCCC1)NCCOC. The third-order valence-electron chi connectivity index (χ3n) is 4.43. The minimum absolute atomic E-state index is 0.213. The minimum Gasteiger partial charge on any atom is -0.383 e. The number of rotatable bonds is 7. The molecule has 2 N–H and O–H groups in total. The first-order chi connectivity index (χ1) is 10.8. The van der Waals surface area contributed by atoms with E-state index in [0.29, 0.717) is 6.61 Å². The van der Waals surface area contributed by atoms with Crippen LogP contribution in [0.2, 0.25) is 0 Å². The highest BCUT2D eigenvalue weighted by molar-refractivity contribution is 5.79. The molecule has 1 fully saturated rings. The standard InChI is InChI=1S/C18H29N3O/c1-3-19-17(20-13-14-22-2)21-15-18(11-7-8-12-18)16-9-5-4-6-10-16/h4-6,9-10H,3,7-8,11-15H2,1-2H3,(H2,19,20,21). The smallest absolute Gasteiger partial charge is 0.191 e. The molecule has 1 aromatic rings. The second-order valence-electron chi connectivity index (χ2n) is 5.97. The van der Waals surface area contributed by atoms with E-state index in [0.717, 1.165) is 25.6 Å². The second-order valence-corrected chi connectivity index (χ2v) is 5.97. The second kappa shape index (κ2) is 8.79. The van der Waals surface area contributed by atoms with Gasteiger partial charge in [0, 0.05) is 25.6 Å². The summed E-state index contributed by atoms with van der Waals surface area (Å²) in [6.45, 7) is 5.28. The van der Waals surface area contributed by atoms with E-state index in [1.54, 1.807) is 7.11 Å². The van der Waals surface area contributed by atoms with Crippen LogP contribution in [0.25, 0.3) is 0 Å². The zero-order chi connectivity index (χ0) is 15.7. The summed E-state index contributed by atoms with van der Waals surface area (Å²) in [7, 11) is 1.72. The van der Waals surface area contributed by atoms with E-state index >= 15 is 0 Å². The van der Waals surface area contributed by atoms with Gasteiger partial charge in [0.25, 0.3) is 0 Å². The molecular weight excluding hydrogens is 274 g/mol. The van der Waals surface area contributed by atoms with Gasteiger partial charge < -0.3 is 15.4 Å². The Hall–Kier alpha value is -1.55. The van der Waals surface area contributed by atoms with Crippen LogP contribution in [0, 0.1) is 0 Å². The summed E-state index contributed by atoms with van der Waals surface area (Å²) in [6, 6.07) is 10.9. The third kappa shape index (κ3) is 4.47. The molecule has 22 heavy (non-hydrogen) atoms. The molecule has 2 rings (SSSR count). The molecule has 0 atom stereocenters. The lowest BCUT2D eigenvalue weighted by molar-refractivity contribution is 0.203. The van der Waals surface area contributed by atoms with E-state index < -0.39 is 0 Å². The number of hydrogen-bond acceptors (Lipinski definition) is 2. The topological polar surface area (TPSA) is 45.7 Å². The predicted octanol–water partition coefficient (Wildman–Crippen LogP) is 2.70. The van der Waals surface area contributed by atoms with Crippen LogP contribution in [0.4, 0.5) is 0 Å². The fraction of sp³-hybridized carbons (Fsp3) is 0.611. The van der Waals surface area contributed by atoms with Gasteiger partial charge in [0.2, 0.25) is 0 Å². The van der Waals surface area contributed by atoms with Gasteiger partial charge in [-0.25, -0.2) is 0 Å². The van der Waals surface area contributed by atoms with E-state index in [-0.39, 0.29) is 5.41 Å². The Morgan fingerprint density at radius 3 is 2.55 bits per heavy atom. The Bertz CT molecular complexity index is 453. The molecule has 0 heterocycles. The fourth-order valence-electron chi connectivity index (χ4n) is 3.23. The predicted molar refractivity (Wildman–Crippen MR) is 92.4 cm³/mol. The zero-order valence-corrected chi connectivity index (χ0v) is 13.9. The van der Waals surface area contributed by atoms with Crippen LogP contribution in [-0.2, 0) is 10.2 Å². The minimum atomic E-state index is 0.213. The lowest BCUT2D eigenvalue weighted by atomic mass is 9.79. The largest absolute Gasteiger partial charge is 0.383 e. The van der Waals surface area contributed by atoms with Crippen molar-refractivity contribution < 1.29 is 4.74 Å². The van der Waals surface area contributed by atoms with Gasteiger partial charge in [0.15, 0.2) is 5.96 Å². The summed E-state index contributed by atoms with van der Waals surface area (Å²) in [4.78, 5) is 4.85. The van der Waals surface area contributed by atoms with E-state index in [1.165, 1.54) is 31.2 Å². The van der Waals surface area contributed by atoms with Gasteiger partial charge in [-0.05, 0) is 25.3 Å². The highest BCUT2D eigenvalue weighted by Gasteiger charge is 2.35. The van der Waals surface area contributed by atoms with Gasteiger partial charge in [-0.3, -0.25) is 4.99 Å². The molecule has 0 aliphatic heterocycles. The Morgan fingerprint density at radius 2 is 1.91 bits per heavy atom. The van der Waals surface area contributed by atoms with E-state index in [4.69, 9.17) is 9.73 Å². The average Bonchev–Trinajstić information content (AvgIpc) is 3.04. The van der Waals surface area contributed by atoms with Crippen LogP contribution in [0.3, 0.4) is 0 Å². The quantitative estimate of drug-likeness (QED) is 0.462. The Kier molecular flexibility index (Phi) is 6.72. The van der Waals surface area contributed by atoms with Gasteiger partial charge in [-0.1, -0.05) is 43.2 Å². The molecule has 1 aliphatic rings. The maximum Gasteiger partial charge on any atom is 0.191 e. The highest BCUT2D eigenvalue weighted by atomic mass is 16.5. The van der Waals surface area contributed by atoms with Crippen molar-refractivity contribution in [1.29, 1.82) is 0 Å². The summed E-state index contributed by atoms with van der Waals surface area (Å²) >= 11 is 0. The van der Waals surface area contributed by atoms with Crippen molar-refractivity contribution in [2.75, 3.05) is 33.4 Å². The number of methoxy groups -OCH3 is 1. The van der Waals surface area contributed by atoms with Crippen molar-refractivity contribution in [3.05, 3.63) is 35.9 Å². The Morgan fingerprint density at radius 1 is 1.18 bits per heavy atom. The lowest BCUT2D eigenvalue weighted by Crippen LogP contribution is -2.40. The summed E-state index contributed by atoms with van der Waals surface area (Å²) in [5, 5.41) is 6.65. The first-order valence-electron chi connectivity index (χ1n) is 8.37. The Labute approximate surface area is 134 Å². The van der Waals surface area contributed by atoms with Crippen LogP contribution >= 0.6 is 0 Å². The molecular formula is C18H29N3O. The number of hydrogen-bond donors (Lipinski definition) is 2. The monoisotopic (exact) mass is 303 g/mol. The maximum atomic E-state index is 5.09. The molecule has 1 aliphatic carbocycles. The van der Waals surface area contributed by atoms with Gasteiger partial charge in [0.1, 0.15) is 0 Å². The van der Waals surface area contributed by atoms with Crippen molar-refractivity contribution >= 4 is 5.96 Å². The van der Waals surface area contributed by atoms with Crippen molar-refractivity contribution in [3.8, 4) is 0 Å². The summed E-state index contributed by atoms with van der Waals surface area (Å²) in [5.41, 5.74) is 1.65. The number of guanidine groups is 1. The maximum absolute atomic E-state index is 5.09. The van der Waals surface area contributed by atoms with Crippen LogP contribution < -0.4 is 10.6 Å². The lowest BCUT2D eigenvalue weighted by Gasteiger charge is -2.28. The van der Waals surface area contributed by atoms with E-state index in [9.17, 15) is 0 Å². The number of aliphatic imine (C=N–C) groups is 1. The van der Waals surface area contributed by atoms with E-state index in [1.807, 2.05) is 0 Å². The first-order valence-corrected chi connectivity index (χ1v) is 8.37. The summed E-state index contributed by atoms with van der Waals surface area (Å²) in [5.74, 6) is 0.891. The molecule has 0 saturated heterocycles. The number of nitrogens with zero attached hydrogens (tertiary/aromatic N) is 1. The van der Waals surface area contributed by atoms with Crippen LogP contribution in [-0.4, -0.2) is 39.3 Å². The average molecular weight is 303 g/mol. The normalized spacial score (nSPS) is 17.5. The van der Waals surface area contributed by atoms with Gasteiger partial charge in [-0.15, -0.1) is 0 Å². The molecule has 0 unspecified atom stereocenters. The first kappa shape index (κ1) is 16.8. The van der Waals surface area contributed by atoms with Crippen LogP contribution in [0.5, 0.6) is 0 Å². The third-order valence-corrected chi connectivity index (χ3v) is 4.43. The van der Waals surface area contributed by atoms with Crippen LogP contribution in [0.15, 0.2) is 35.3 Å². The van der Waals surface area contributed by atoms with Crippen molar-refractivity contribution in [2.45, 2.75) is 38.0 Å². The molecule has 4 nitrogen and oxygen atoms in total. The van der Waals surface area contributed by atoms with E-state index in [2.05, 4.69) is 47.9 Å². The van der Waals surface area contributed by atoms with Crippen molar-refractivity contribution in [2.24, 2.45) is 4.99 Å². The van der Waals surface area contributed by atoms with Gasteiger partial charge in [0.05, 0.1) is 13.2 Å². The molecule has 0 radical (unpaired) electrons. The molecule has 0 amide bonds. The molecule has 1 aromatic carbocycles. The molecule has 0 bridgehead atoms. The highest BCUT2D eigenvalue weighted by Crippen LogP contribution is 2.41.